The number of hydrogen-bond donors (Lipinski definition) is 0. The van der Waals surface area contributed by atoms with Crippen LogP contribution in [0.4, 0.5) is 0 Å². The molecule has 1 aromatic rings. The van der Waals surface area contributed by atoms with E-state index in [4.69, 9.17) is 4.74 Å². The van der Waals surface area contributed by atoms with Crippen LogP contribution in [0.5, 0.6) is 0 Å². The maximum absolute atomic E-state index is 12.2. The maximum Gasteiger partial charge on any atom is 0.333 e. The van der Waals surface area contributed by atoms with Crippen molar-refractivity contribution in [2.45, 2.75) is 58.0 Å². The Morgan fingerprint density at radius 3 is 2.61 bits per heavy atom. The zero-order valence-electron chi connectivity index (χ0n) is 13.6. The van der Waals surface area contributed by atoms with Crippen LogP contribution in [0.3, 0.4) is 0 Å². The first-order valence-electron chi connectivity index (χ1n) is 8.15. The Morgan fingerprint density at radius 2 is 1.96 bits per heavy atom. The van der Waals surface area contributed by atoms with Crippen molar-refractivity contribution in [3.8, 4) is 0 Å². The monoisotopic (exact) mass is 320 g/mol. The molecule has 0 amide bonds. The van der Waals surface area contributed by atoms with Gasteiger partial charge in [-0.1, -0.05) is 13.0 Å². The van der Waals surface area contributed by atoms with Gasteiger partial charge in [0.15, 0.2) is 0 Å². The number of ether oxygens (including phenoxy) is 1. The Labute approximate surface area is 135 Å². The first-order valence-corrected chi connectivity index (χ1v) is 8.15. The van der Waals surface area contributed by atoms with Crippen LogP contribution < -0.4 is 11.2 Å². The maximum atomic E-state index is 12.2. The molecule has 126 valence electrons. The van der Waals surface area contributed by atoms with Crippen LogP contribution in [-0.2, 0) is 16.1 Å². The van der Waals surface area contributed by atoms with E-state index in [-0.39, 0.29) is 23.3 Å². The smallest absolute Gasteiger partial charge is 0.333 e. The largest absolute Gasteiger partial charge is 0.462 e. The Kier molecular flexibility index (Phi) is 5.96. The van der Waals surface area contributed by atoms with Crippen molar-refractivity contribution in [2.75, 3.05) is 6.61 Å². The molecule has 1 aliphatic carbocycles. The van der Waals surface area contributed by atoms with Crippen LogP contribution in [0.1, 0.15) is 51.5 Å². The Bertz CT molecular complexity index is 683. The van der Waals surface area contributed by atoms with E-state index in [1.807, 2.05) is 0 Å². The minimum Gasteiger partial charge on any atom is -0.462 e. The molecule has 23 heavy (non-hydrogen) atoms. The number of carbonyl (C=O) groups is 1. The average Bonchev–Trinajstić information content (AvgIpc) is 3.32. The summed E-state index contributed by atoms with van der Waals surface area (Å²) in [6, 6.07) is 1.57. The molecule has 6 nitrogen and oxygen atoms in total. The van der Waals surface area contributed by atoms with Gasteiger partial charge in [-0.2, -0.15) is 0 Å². The molecule has 0 aromatic carbocycles. The van der Waals surface area contributed by atoms with Crippen LogP contribution in [0.25, 0.3) is 0 Å². The highest BCUT2D eigenvalue weighted by Crippen LogP contribution is 2.31. The fourth-order valence-corrected chi connectivity index (χ4v) is 2.40. The zero-order chi connectivity index (χ0) is 16.8. The third-order valence-electron chi connectivity index (χ3n) is 3.87. The lowest BCUT2D eigenvalue weighted by Crippen LogP contribution is -2.38. The molecule has 6 heteroatoms. The van der Waals surface area contributed by atoms with Gasteiger partial charge in [0, 0.05) is 30.4 Å². The number of nitrogens with zero attached hydrogens (tertiary/aromatic N) is 2. The lowest BCUT2D eigenvalue weighted by molar-refractivity contribution is -0.139. The lowest BCUT2D eigenvalue weighted by atomic mass is 10.2. The summed E-state index contributed by atoms with van der Waals surface area (Å²) in [4.78, 5) is 35.1. The van der Waals surface area contributed by atoms with Crippen LogP contribution in [0.15, 0.2) is 34.0 Å². The molecule has 1 fully saturated rings. The predicted molar refractivity (Wildman–Crippen MR) is 87.5 cm³/mol. The lowest BCUT2D eigenvalue weighted by Gasteiger charge is -2.09. The summed E-state index contributed by atoms with van der Waals surface area (Å²) in [5.74, 6) is -0.348. The van der Waals surface area contributed by atoms with E-state index in [1.165, 1.54) is 10.6 Å². The van der Waals surface area contributed by atoms with Crippen molar-refractivity contribution in [2.24, 2.45) is 0 Å². The highest BCUT2D eigenvalue weighted by molar-refractivity contribution is 5.86. The summed E-state index contributed by atoms with van der Waals surface area (Å²) in [5.41, 5.74) is 0.0126. The summed E-state index contributed by atoms with van der Waals surface area (Å²) in [6.07, 6.45) is 6.95. The Morgan fingerprint density at radius 1 is 1.26 bits per heavy atom. The number of hydrogen-bond acceptors (Lipinski definition) is 4. The fraction of sp³-hybridized carbons (Fsp3) is 0.588. The van der Waals surface area contributed by atoms with E-state index in [0.29, 0.717) is 18.7 Å². The summed E-state index contributed by atoms with van der Waals surface area (Å²) in [5, 5.41) is 0. The van der Waals surface area contributed by atoms with E-state index in [0.717, 1.165) is 38.5 Å². The predicted octanol–water partition coefficient (Wildman–Crippen LogP) is 2.02. The Balaban J connectivity index is 1.70. The quantitative estimate of drug-likeness (QED) is 0.396. The Hall–Kier alpha value is -2.11. The van der Waals surface area contributed by atoms with Crippen LogP contribution in [0, 0.1) is 0 Å². The van der Waals surface area contributed by atoms with Crippen molar-refractivity contribution >= 4 is 5.97 Å². The molecular formula is C17H24N2O4. The van der Waals surface area contributed by atoms with Crippen molar-refractivity contribution in [3.63, 3.8) is 0 Å². The topological polar surface area (TPSA) is 70.3 Å². The highest BCUT2D eigenvalue weighted by Gasteiger charge is 2.26. The third kappa shape index (κ3) is 4.94. The highest BCUT2D eigenvalue weighted by atomic mass is 16.5. The van der Waals surface area contributed by atoms with Gasteiger partial charge < -0.3 is 9.30 Å². The van der Waals surface area contributed by atoms with Crippen molar-refractivity contribution in [1.82, 2.24) is 9.13 Å². The summed E-state index contributed by atoms with van der Waals surface area (Å²) in [7, 11) is 0. The molecule has 0 atom stereocenters. The molecular weight excluding hydrogens is 296 g/mol. The minimum atomic E-state index is -0.348. The number of rotatable bonds is 9. The third-order valence-corrected chi connectivity index (χ3v) is 3.87. The average molecular weight is 320 g/mol. The standard InChI is InChI=1S/C17H24N2O4/c1-13(2)16(21)23-12-6-4-3-5-10-18-11-9-15(20)19(17(18)22)14-7-8-14/h9,11,14H,1,3-8,10,12H2,2H3. The second-order valence-corrected chi connectivity index (χ2v) is 6.06. The van der Waals surface area contributed by atoms with Crippen LogP contribution in [-0.4, -0.2) is 21.7 Å². The zero-order valence-corrected chi connectivity index (χ0v) is 13.6. The van der Waals surface area contributed by atoms with Gasteiger partial charge in [-0.05, 0) is 39.0 Å². The van der Waals surface area contributed by atoms with Gasteiger partial charge in [0.1, 0.15) is 0 Å². The van der Waals surface area contributed by atoms with E-state index in [1.54, 1.807) is 17.7 Å². The molecule has 2 rings (SSSR count). The van der Waals surface area contributed by atoms with Crippen molar-refractivity contribution in [1.29, 1.82) is 0 Å². The van der Waals surface area contributed by atoms with Gasteiger partial charge in [-0.15, -0.1) is 0 Å². The fourth-order valence-electron chi connectivity index (χ4n) is 2.40. The molecule has 0 radical (unpaired) electrons. The van der Waals surface area contributed by atoms with E-state index in [2.05, 4.69) is 6.58 Å². The molecule has 0 saturated heterocycles. The number of esters is 1. The van der Waals surface area contributed by atoms with E-state index < -0.39 is 0 Å². The molecule has 1 aliphatic rings. The van der Waals surface area contributed by atoms with Gasteiger partial charge >= 0.3 is 11.7 Å². The van der Waals surface area contributed by atoms with Gasteiger partial charge in [-0.25, -0.2) is 9.59 Å². The number of aromatic nitrogens is 2. The second kappa shape index (κ2) is 7.94. The number of carbonyl (C=O) groups excluding carboxylic acids is 1. The van der Waals surface area contributed by atoms with Gasteiger partial charge in [0.05, 0.1) is 6.61 Å². The second-order valence-electron chi connectivity index (χ2n) is 6.06. The van der Waals surface area contributed by atoms with Crippen molar-refractivity contribution < 1.29 is 9.53 Å². The van der Waals surface area contributed by atoms with Crippen LogP contribution >= 0.6 is 0 Å². The molecule has 0 N–H and O–H groups in total. The molecule has 1 saturated carbocycles. The summed E-state index contributed by atoms with van der Waals surface area (Å²) >= 11 is 0. The number of unbranched alkanes of at least 4 members (excludes halogenated alkanes) is 3. The van der Waals surface area contributed by atoms with Gasteiger partial charge in [0.25, 0.3) is 5.56 Å². The molecule has 1 aromatic heterocycles. The summed E-state index contributed by atoms with van der Waals surface area (Å²) in [6.45, 7) is 6.16. The molecule has 0 bridgehead atoms. The van der Waals surface area contributed by atoms with Crippen molar-refractivity contribution in [3.05, 3.63) is 45.3 Å². The van der Waals surface area contributed by atoms with Gasteiger partial charge in [0.2, 0.25) is 0 Å². The van der Waals surface area contributed by atoms with Gasteiger partial charge in [-0.3, -0.25) is 9.36 Å². The number of aryl methyl sites for hydroxylation is 1. The molecule has 0 spiro atoms. The molecule has 0 unspecified atom stereocenters. The molecule has 0 aliphatic heterocycles. The normalized spacial score (nSPS) is 13.8. The first kappa shape index (κ1) is 17.2. The summed E-state index contributed by atoms with van der Waals surface area (Å²) < 4.78 is 8.00. The minimum absolute atomic E-state index is 0.102. The van der Waals surface area contributed by atoms with E-state index in [9.17, 15) is 14.4 Å². The SMILES string of the molecule is C=C(C)C(=O)OCCCCCCn1ccc(=O)n(C2CC2)c1=O. The first-order chi connectivity index (χ1) is 11.0. The molecule has 1 heterocycles. The van der Waals surface area contributed by atoms with Crippen LogP contribution in [0.2, 0.25) is 0 Å². The van der Waals surface area contributed by atoms with E-state index >= 15 is 0 Å².